The first-order chi connectivity index (χ1) is 17.4. The number of hydrogen-bond donors (Lipinski definition) is 2. The third kappa shape index (κ3) is 5.06. The van der Waals surface area contributed by atoms with E-state index in [0.717, 1.165) is 5.56 Å². The highest BCUT2D eigenvalue weighted by atomic mass is 19.1. The van der Waals surface area contributed by atoms with E-state index in [1.54, 1.807) is 42.2 Å². The van der Waals surface area contributed by atoms with E-state index in [4.69, 9.17) is 9.52 Å². The number of hydrogen-bond acceptors (Lipinski definition) is 7. The van der Waals surface area contributed by atoms with E-state index in [2.05, 4.69) is 10.2 Å². The van der Waals surface area contributed by atoms with E-state index in [9.17, 15) is 19.1 Å². The number of nitrogens with zero attached hydrogens (tertiary/aromatic N) is 3. The molecule has 1 aromatic heterocycles. The van der Waals surface area contributed by atoms with Crippen LogP contribution in [0.25, 0.3) is 11.0 Å². The second kappa shape index (κ2) is 10.7. The summed E-state index contributed by atoms with van der Waals surface area (Å²) in [6.45, 7) is 2.18. The molecule has 5 rings (SSSR count). The molecule has 0 unspecified atom stereocenters. The number of aromatic hydroxyl groups is 1. The number of benzene rings is 3. The number of carbonyl (C=O) groups excluding carboxylic acids is 1. The van der Waals surface area contributed by atoms with Crippen LogP contribution in [0.2, 0.25) is 0 Å². The van der Waals surface area contributed by atoms with Gasteiger partial charge in [0.25, 0.3) is 5.91 Å². The molecule has 2 N–H and O–H groups in total. The van der Waals surface area contributed by atoms with Crippen LogP contribution in [-0.4, -0.2) is 34.7 Å². The average Bonchev–Trinajstić information content (AvgIpc) is 3.13. The molecular formula is C27H22FN3O5. The Labute approximate surface area is 205 Å². The predicted octanol–water partition coefficient (Wildman–Crippen LogP) is 4.01. The van der Waals surface area contributed by atoms with Gasteiger partial charge in [-0.15, -0.1) is 5.10 Å². The summed E-state index contributed by atoms with van der Waals surface area (Å²) in [6, 6.07) is 17.3. The fourth-order valence-electron chi connectivity index (χ4n) is 3.66. The van der Waals surface area contributed by atoms with Gasteiger partial charge in [-0.1, -0.05) is 30.3 Å². The molecule has 1 aliphatic heterocycles. The quantitative estimate of drug-likeness (QED) is 0.333. The van der Waals surface area contributed by atoms with Crippen molar-refractivity contribution in [1.82, 2.24) is 0 Å². The zero-order valence-corrected chi connectivity index (χ0v) is 19.3. The molecule has 0 atom stereocenters. The minimum atomic E-state index is -0.349. The first kappa shape index (κ1) is 24.5. The van der Waals surface area contributed by atoms with Crippen LogP contribution < -0.4 is 10.3 Å². The van der Waals surface area contributed by atoms with Gasteiger partial charge < -0.3 is 19.5 Å². The SMILES string of the molecule is CCO.O=C1/C(=N\N=C\c2coc3cc(O)ccc3c2=O)c2ccccc2N1Cc1ccc(F)cc1. The molecule has 0 saturated carbocycles. The summed E-state index contributed by atoms with van der Waals surface area (Å²) < 4.78 is 18.6. The topological polar surface area (TPSA) is 116 Å². The number of halogens is 1. The van der Waals surface area contributed by atoms with Crippen LogP contribution in [0, 0.1) is 5.82 Å². The summed E-state index contributed by atoms with van der Waals surface area (Å²) in [5.74, 6) is -0.709. The van der Waals surface area contributed by atoms with Crippen molar-refractivity contribution in [2.24, 2.45) is 10.2 Å². The number of fused-ring (bicyclic) bond motifs is 2. The summed E-state index contributed by atoms with van der Waals surface area (Å²) in [7, 11) is 0. The molecule has 1 aliphatic rings. The van der Waals surface area contributed by atoms with Gasteiger partial charge in [0.15, 0.2) is 5.71 Å². The summed E-state index contributed by atoms with van der Waals surface area (Å²) in [6.07, 6.45) is 2.45. The predicted molar refractivity (Wildman–Crippen MR) is 135 cm³/mol. The van der Waals surface area contributed by atoms with Gasteiger partial charge in [0.1, 0.15) is 23.4 Å². The molecule has 2 heterocycles. The lowest BCUT2D eigenvalue weighted by Crippen LogP contribution is -2.29. The molecule has 182 valence electrons. The maximum Gasteiger partial charge on any atom is 0.279 e. The number of anilines is 1. The molecule has 9 heteroatoms. The first-order valence-electron chi connectivity index (χ1n) is 11.0. The third-order valence-electron chi connectivity index (χ3n) is 5.29. The Morgan fingerprint density at radius 3 is 2.53 bits per heavy atom. The highest BCUT2D eigenvalue weighted by Gasteiger charge is 2.33. The van der Waals surface area contributed by atoms with E-state index in [-0.39, 0.29) is 58.3 Å². The molecule has 36 heavy (non-hydrogen) atoms. The molecule has 0 bridgehead atoms. The van der Waals surface area contributed by atoms with E-state index in [0.29, 0.717) is 11.3 Å². The molecule has 0 fully saturated rings. The summed E-state index contributed by atoms with van der Waals surface area (Å²) in [5, 5.41) is 25.4. The molecule has 8 nitrogen and oxygen atoms in total. The van der Waals surface area contributed by atoms with Crippen molar-refractivity contribution in [2.75, 3.05) is 11.5 Å². The zero-order valence-electron chi connectivity index (χ0n) is 19.3. The molecule has 0 saturated heterocycles. The monoisotopic (exact) mass is 487 g/mol. The van der Waals surface area contributed by atoms with Crippen molar-refractivity contribution < 1.29 is 23.8 Å². The second-order valence-electron chi connectivity index (χ2n) is 7.74. The van der Waals surface area contributed by atoms with E-state index in [1.165, 1.54) is 42.8 Å². The summed E-state index contributed by atoms with van der Waals surface area (Å²) in [4.78, 5) is 27.3. The first-order valence-corrected chi connectivity index (χ1v) is 11.0. The maximum atomic E-state index is 13.2. The van der Waals surface area contributed by atoms with Crippen molar-refractivity contribution in [3.63, 3.8) is 0 Å². The van der Waals surface area contributed by atoms with Crippen LogP contribution in [0.15, 0.2) is 92.4 Å². The lowest BCUT2D eigenvalue weighted by Gasteiger charge is -2.16. The Morgan fingerprint density at radius 1 is 1.06 bits per heavy atom. The molecule has 1 amide bonds. The van der Waals surface area contributed by atoms with Crippen LogP contribution >= 0.6 is 0 Å². The van der Waals surface area contributed by atoms with Gasteiger partial charge in [-0.05, 0) is 42.8 Å². The Kier molecular flexibility index (Phi) is 7.31. The second-order valence-corrected chi connectivity index (χ2v) is 7.74. The number of phenols is 1. The highest BCUT2D eigenvalue weighted by Crippen LogP contribution is 2.30. The lowest BCUT2D eigenvalue weighted by molar-refractivity contribution is -0.112. The molecular weight excluding hydrogens is 465 g/mol. The number of amides is 1. The highest BCUT2D eigenvalue weighted by molar-refractivity contribution is 6.54. The van der Waals surface area contributed by atoms with Crippen molar-refractivity contribution in [3.8, 4) is 5.75 Å². The molecule has 0 radical (unpaired) electrons. The van der Waals surface area contributed by atoms with Crippen LogP contribution in [0.4, 0.5) is 10.1 Å². The molecule has 4 aromatic rings. The summed E-state index contributed by atoms with van der Waals surface area (Å²) >= 11 is 0. The van der Waals surface area contributed by atoms with Gasteiger partial charge in [-0.2, -0.15) is 5.10 Å². The van der Waals surface area contributed by atoms with Crippen LogP contribution in [-0.2, 0) is 11.3 Å². The average molecular weight is 487 g/mol. The zero-order chi connectivity index (χ0) is 25.7. The van der Waals surface area contributed by atoms with Crippen molar-refractivity contribution in [1.29, 1.82) is 0 Å². The Hall–Kier alpha value is -4.63. The number of carbonyl (C=O) groups is 1. The largest absolute Gasteiger partial charge is 0.508 e. The van der Waals surface area contributed by atoms with Gasteiger partial charge in [0.05, 0.1) is 29.4 Å². The van der Waals surface area contributed by atoms with Gasteiger partial charge in [-0.3, -0.25) is 9.59 Å². The number of phenolic OH excluding ortho intramolecular Hbond substituents is 1. The number of para-hydroxylation sites is 1. The normalized spacial score (nSPS) is 13.8. The Balaban J connectivity index is 0.000000967. The maximum absolute atomic E-state index is 13.2. The van der Waals surface area contributed by atoms with Crippen LogP contribution in [0.3, 0.4) is 0 Å². The van der Waals surface area contributed by atoms with Crippen LogP contribution in [0.5, 0.6) is 5.75 Å². The minimum Gasteiger partial charge on any atom is -0.508 e. The van der Waals surface area contributed by atoms with Crippen molar-refractivity contribution in [2.45, 2.75) is 13.5 Å². The fraction of sp³-hybridized carbons (Fsp3) is 0.111. The third-order valence-corrected chi connectivity index (χ3v) is 5.29. The van der Waals surface area contributed by atoms with Crippen molar-refractivity contribution >= 4 is 34.5 Å². The number of aliphatic hydroxyl groups is 1. The van der Waals surface area contributed by atoms with E-state index in [1.807, 2.05) is 6.07 Å². The minimum absolute atomic E-state index is 0.0120. The van der Waals surface area contributed by atoms with E-state index < -0.39 is 0 Å². The summed E-state index contributed by atoms with van der Waals surface area (Å²) in [5.41, 5.74) is 2.26. The standard InChI is InChI=1S/C25H16FN3O4.C2H6O/c26-17-7-5-15(6-8-17)13-29-21-4-2-1-3-19(21)23(25(29)32)28-27-12-16-14-33-22-11-18(30)9-10-20(22)24(16)31;1-2-3/h1-12,14,30H,13H2;3H,2H2,1H3/b27-12+,28-23-;. The Morgan fingerprint density at radius 2 is 1.78 bits per heavy atom. The van der Waals surface area contributed by atoms with E-state index >= 15 is 0 Å². The molecule has 0 spiro atoms. The lowest BCUT2D eigenvalue weighted by atomic mass is 10.1. The van der Waals surface area contributed by atoms with Gasteiger partial charge in [0.2, 0.25) is 5.43 Å². The Bertz CT molecular complexity index is 1530. The van der Waals surface area contributed by atoms with Crippen molar-refractivity contribution in [3.05, 3.63) is 106 Å². The van der Waals surface area contributed by atoms with Gasteiger partial charge >= 0.3 is 0 Å². The fourth-order valence-corrected chi connectivity index (χ4v) is 3.66. The smallest absolute Gasteiger partial charge is 0.279 e. The molecule has 3 aromatic carbocycles. The molecule has 0 aliphatic carbocycles. The number of rotatable bonds is 4. The van der Waals surface area contributed by atoms with Gasteiger partial charge in [0, 0.05) is 18.2 Å². The van der Waals surface area contributed by atoms with Crippen LogP contribution in [0.1, 0.15) is 23.6 Å². The van der Waals surface area contributed by atoms with Gasteiger partial charge in [-0.25, -0.2) is 4.39 Å². The number of aliphatic hydroxyl groups excluding tert-OH is 1.